The van der Waals surface area contributed by atoms with Gasteiger partial charge in [0, 0.05) is 31.1 Å². The van der Waals surface area contributed by atoms with E-state index < -0.39 is 35.8 Å². The van der Waals surface area contributed by atoms with Gasteiger partial charge in [-0.2, -0.15) is 0 Å². The predicted molar refractivity (Wildman–Crippen MR) is 106 cm³/mol. The van der Waals surface area contributed by atoms with Crippen molar-refractivity contribution in [1.82, 2.24) is 15.1 Å². The molecule has 3 atom stereocenters. The van der Waals surface area contributed by atoms with Gasteiger partial charge in [0.25, 0.3) is 11.8 Å². The van der Waals surface area contributed by atoms with E-state index in [0.29, 0.717) is 0 Å². The van der Waals surface area contributed by atoms with Gasteiger partial charge >= 0.3 is 0 Å². The largest absolute Gasteiger partial charge is 0.375 e. The third-order valence-electron chi connectivity index (χ3n) is 5.85. The Morgan fingerprint density at radius 1 is 1.23 bits per heavy atom. The minimum atomic E-state index is -1.13. The molecule has 4 N–H and O–H groups in total. The van der Waals surface area contributed by atoms with Gasteiger partial charge < -0.3 is 16.0 Å². The number of alkyl halides is 1. The van der Waals surface area contributed by atoms with Gasteiger partial charge in [-0.3, -0.25) is 34.2 Å². The van der Waals surface area contributed by atoms with Gasteiger partial charge in [-0.25, -0.2) is 4.39 Å². The molecule has 0 saturated carbocycles. The zero-order valence-corrected chi connectivity index (χ0v) is 16.6. The number of rotatable bonds is 5. The molecule has 0 aliphatic carbocycles. The number of anilines is 1. The average molecular weight is 431 g/mol. The van der Waals surface area contributed by atoms with Crippen molar-refractivity contribution in [2.75, 3.05) is 25.0 Å². The Morgan fingerprint density at radius 2 is 2.00 bits per heavy atom. The van der Waals surface area contributed by atoms with Crippen molar-refractivity contribution < 1.29 is 28.4 Å². The minimum absolute atomic E-state index is 0.0249. The number of halogens is 1. The molecule has 0 bridgehead atoms. The van der Waals surface area contributed by atoms with Gasteiger partial charge in [-0.05, 0) is 18.6 Å². The molecule has 3 aliphatic rings. The first-order valence-corrected chi connectivity index (χ1v) is 10.0. The van der Waals surface area contributed by atoms with Crippen LogP contribution in [-0.4, -0.2) is 77.2 Å². The van der Waals surface area contributed by atoms with Crippen LogP contribution in [0.5, 0.6) is 0 Å². The number of benzene rings is 1. The lowest BCUT2D eigenvalue weighted by Gasteiger charge is -2.27. The first-order chi connectivity index (χ1) is 14.8. The minimum Gasteiger partial charge on any atom is -0.375 e. The lowest BCUT2D eigenvalue weighted by molar-refractivity contribution is -0.136. The third-order valence-corrected chi connectivity index (χ3v) is 5.85. The number of hydrogen-bond donors (Lipinski definition) is 3. The zero-order valence-electron chi connectivity index (χ0n) is 16.6. The summed E-state index contributed by atoms with van der Waals surface area (Å²) in [4.78, 5) is 64.2. The molecule has 4 rings (SSSR count). The maximum Gasteiger partial charge on any atom is 0.264 e. The van der Waals surface area contributed by atoms with E-state index in [1.807, 2.05) is 0 Å². The topological polar surface area (TPSA) is 142 Å². The van der Waals surface area contributed by atoms with Crippen molar-refractivity contribution in [3.63, 3.8) is 0 Å². The molecule has 164 valence electrons. The van der Waals surface area contributed by atoms with Crippen LogP contribution in [0, 0.1) is 0 Å². The molecule has 0 aromatic heterocycles. The number of nitrogens with zero attached hydrogens (tertiary/aromatic N) is 2. The highest BCUT2D eigenvalue weighted by molar-refractivity contribution is 6.25. The summed E-state index contributed by atoms with van der Waals surface area (Å²) in [6.45, 7) is -0.0870. The fourth-order valence-electron chi connectivity index (χ4n) is 4.32. The second-order valence-corrected chi connectivity index (χ2v) is 7.80. The Labute approximate surface area is 176 Å². The summed E-state index contributed by atoms with van der Waals surface area (Å²) < 4.78 is 13.7. The molecule has 2 fully saturated rings. The molecular formula is C20H22FN5O5. The van der Waals surface area contributed by atoms with Crippen molar-refractivity contribution in [3.8, 4) is 0 Å². The summed E-state index contributed by atoms with van der Waals surface area (Å²) in [6.07, 6.45) is -0.856. The molecule has 0 radical (unpaired) electrons. The van der Waals surface area contributed by atoms with Crippen LogP contribution in [0.3, 0.4) is 0 Å². The lowest BCUT2D eigenvalue weighted by Crippen LogP contribution is -2.54. The summed E-state index contributed by atoms with van der Waals surface area (Å²) in [5.41, 5.74) is 6.05. The number of likely N-dealkylation sites (tertiary alicyclic amines) is 1. The SMILES string of the molecule is NC[C@@H]1C[C@H](F)CN1C(=O)CNc1cccc2c1C(=O)N(C1CCC(=O)NC1=O)C2=O. The van der Waals surface area contributed by atoms with E-state index in [2.05, 4.69) is 10.6 Å². The van der Waals surface area contributed by atoms with E-state index in [9.17, 15) is 28.4 Å². The summed E-state index contributed by atoms with van der Waals surface area (Å²) in [6, 6.07) is 3.12. The number of hydrogen-bond acceptors (Lipinski definition) is 7. The molecular weight excluding hydrogens is 409 g/mol. The van der Waals surface area contributed by atoms with Crippen LogP contribution in [0.2, 0.25) is 0 Å². The van der Waals surface area contributed by atoms with Crippen LogP contribution in [0.25, 0.3) is 0 Å². The van der Waals surface area contributed by atoms with E-state index in [1.165, 1.54) is 11.0 Å². The number of carbonyl (C=O) groups is 5. The number of amides is 5. The molecule has 0 spiro atoms. The van der Waals surface area contributed by atoms with Gasteiger partial charge in [0.05, 0.1) is 24.2 Å². The maximum absolute atomic E-state index is 13.7. The number of fused-ring (bicyclic) bond motifs is 1. The van der Waals surface area contributed by atoms with E-state index in [1.54, 1.807) is 12.1 Å². The number of nitrogens with two attached hydrogens (primary N) is 1. The molecule has 1 unspecified atom stereocenters. The molecule has 1 aromatic rings. The first-order valence-electron chi connectivity index (χ1n) is 10.0. The lowest BCUT2D eigenvalue weighted by atomic mass is 10.0. The van der Waals surface area contributed by atoms with E-state index in [0.717, 1.165) is 4.90 Å². The summed E-state index contributed by atoms with van der Waals surface area (Å²) in [5.74, 6) is -2.82. The molecule has 3 heterocycles. The fraction of sp³-hybridized carbons (Fsp3) is 0.450. The Bertz CT molecular complexity index is 983. The van der Waals surface area contributed by atoms with Crippen molar-refractivity contribution in [2.24, 2.45) is 5.73 Å². The van der Waals surface area contributed by atoms with Gasteiger partial charge in [0.2, 0.25) is 17.7 Å². The number of carbonyl (C=O) groups excluding carboxylic acids is 5. The Kier molecular flexibility index (Phi) is 5.44. The van der Waals surface area contributed by atoms with Crippen LogP contribution in [0.1, 0.15) is 40.0 Å². The first kappa shape index (κ1) is 20.9. The molecule has 2 saturated heterocycles. The highest BCUT2D eigenvalue weighted by Gasteiger charge is 2.45. The van der Waals surface area contributed by atoms with Crippen LogP contribution >= 0.6 is 0 Å². The van der Waals surface area contributed by atoms with Crippen molar-refractivity contribution >= 4 is 35.2 Å². The number of imide groups is 2. The Balaban J connectivity index is 1.52. The second-order valence-electron chi connectivity index (χ2n) is 7.80. The Hall–Kier alpha value is -3.34. The fourth-order valence-corrected chi connectivity index (χ4v) is 4.32. The zero-order chi connectivity index (χ0) is 22.3. The molecule has 31 heavy (non-hydrogen) atoms. The Morgan fingerprint density at radius 3 is 2.71 bits per heavy atom. The van der Waals surface area contributed by atoms with Crippen LogP contribution in [0.4, 0.5) is 10.1 Å². The number of nitrogens with one attached hydrogen (secondary N) is 2. The van der Waals surface area contributed by atoms with Crippen molar-refractivity contribution in [1.29, 1.82) is 0 Å². The van der Waals surface area contributed by atoms with Gasteiger partial charge in [0.15, 0.2) is 0 Å². The maximum atomic E-state index is 13.7. The second kappa shape index (κ2) is 8.06. The van der Waals surface area contributed by atoms with Crippen molar-refractivity contribution in [2.45, 2.75) is 37.5 Å². The van der Waals surface area contributed by atoms with Crippen LogP contribution < -0.4 is 16.4 Å². The van der Waals surface area contributed by atoms with Gasteiger partial charge in [-0.15, -0.1) is 0 Å². The quantitative estimate of drug-likeness (QED) is 0.529. The van der Waals surface area contributed by atoms with E-state index in [4.69, 9.17) is 5.73 Å². The van der Waals surface area contributed by atoms with E-state index >= 15 is 0 Å². The van der Waals surface area contributed by atoms with Gasteiger partial charge in [0.1, 0.15) is 12.2 Å². The average Bonchev–Trinajstić information content (AvgIpc) is 3.24. The highest BCUT2D eigenvalue weighted by atomic mass is 19.1. The van der Waals surface area contributed by atoms with Crippen LogP contribution in [0.15, 0.2) is 18.2 Å². The molecule has 11 heteroatoms. The van der Waals surface area contributed by atoms with Crippen LogP contribution in [-0.2, 0) is 14.4 Å². The third kappa shape index (κ3) is 3.65. The predicted octanol–water partition coefficient (Wildman–Crippen LogP) is -0.603. The summed E-state index contributed by atoms with van der Waals surface area (Å²) >= 11 is 0. The monoisotopic (exact) mass is 431 g/mol. The molecule has 5 amide bonds. The molecule has 1 aromatic carbocycles. The normalized spacial score (nSPS) is 25.7. The summed E-state index contributed by atoms with van der Waals surface area (Å²) in [7, 11) is 0. The molecule has 10 nitrogen and oxygen atoms in total. The standard InChI is InChI=1S/C20H22FN5O5/c21-10-6-11(7-22)25(9-10)16(28)8-23-13-3-1-2-12-17(13)20(31)26(19(12)30)14-4-5-15(27)24-18(14)29/h1-3,10-11,14,23H,4-9,22H2,(H,24,27,29)/t10-,11-,14?/m0/s1. The molecule has 3 aliphatic heterocycles. The van der Waals surface area contributed by atoms with Gasteiger partial charge in [-0.1, -0.05) is 6.07 Å². The smallest absolute Gasteiger partial charge is 0.264 e. The van der Waals surface area contributed by atoms with E-state index in [-0.39, 0.29) is 67.7 Å². The number of piperidine rings is 1. The summed E-state index contributed by atoms with van der Waals surface area (Å²) in [5, 5.41) is 5.01. The highest BCUT2D eigenvalue weighted by Crippen LogP contribution is 2.32. The van der Waals surface area contributed by atoms with Crippen molar-refractivity contribution in [3.05, 3.63) is 29.3 Å².